The quantitative estimate of drug-likeness (QED) is 0.303. The van der Waals surface area contributed by atoms with Crippen molar-refractivity contribution in [2.24, 2.45) is 0 Å². The molecule has 8 atom stereocenters. The molecule has 1 saturated heterocycles. The number of cyclic esters (lactones) is 1. The van der Waals surface area contributed by atoms with E-state index in [2.05, 4.69) is 0 Å². The Bertz CT molecular complexity index is 1290. The molecule has 2 aliphatic heterocycles. The second-order valence-corrected chi connectivity index (χ2v) is 10.1. The van der Waals surface area contributed by atoms with E-state index in [1.54, 1.807) is 0 Å². The van der Waals surface area contributed by atoms with Gasteiger partial charge >= 0.3 is 5.97 Å². The van der Waals surface area contributed by atoms with Gasteiger partial charge in [-0.2, -0.15) is 0 Å². The average molecular weight is 523 g/mol. The van der Waals surface area contributed by atoms with E-state index in [1.807, 2.05) is 0 Å². The first-order valence-corrected chi connectivity index (χ1v) is 11.7. The number of aliphatic hydroxyl groups is 5. The summed E-state index contributed by atoms with van der Waals surface area (Å²) in [6.45, 7) is 0.780. The summed E-state index contributed by atoms with van der Waals surface area (Å²) in [5.41, 5.74) is -4.38. The maximum Gasteiger partial charge on any atom is 0.340 e. The zero-order valence-corrected chi connectivity index (χ0v) is 19.9. The fourth-order valence-corrected chi connectivity index (χ4v) is 6.65. The molecule has 2 fully saturated rings. The topological polar surface area (TPSA) is 172 Å². The van der Waals surface area contributed by atoms with Gasteiger partial charge in [0, 0.05) is 35.3 Å². The van der Waals surface area contributed by atoms with Crippen LogP contribution >= 0.6 is 11.6 Å². The molecule has 192 valence electrons. The molecule has 2 heterocycles. The number of allylic oxidation sites excluding steroid dienone is 1. The lowest BCUT2D eigenvalue weighted by Crippen LogP contribution is -2.67. The highest BCUT2D eigenvalue weighted by atomic mass is 35.5. The Morgan fingerprint density at radius 3 is 2.56 bits per heavy atom. The minimum absolute atomic E-state index is 0.0420. The van der Waals surface area contributed by atoms with Crippen molar-refractivity contribution in [2.45, 2.75) is 60.9 Å². The van der Waals surface area contributed by atoms with Crippen LogP contribution in [0.25, 0.3) is 0 Å². The highest BCUT2D eigenvalue weighted by Gasteiger charge is 2.81. The first-order valence-electron chi connectivity index (χ1n) is 11.3. The number of aliphatic hydroxyl groups excluding tert-OH is 4. The van der Waals surface area contributed by atoms with E-state index in [9.17, 15) is 35.1 Å². The van der Waals surface area contributed by atoms with Crippen molar-refractivity contribution < 1.29 is 54.1 Å². The number of rotatable bonds is 1. The monoisotopic (exact) mass is 522 g/mol. The summed E-state index contributed by atoms with van der Waals surface area (Å²) in [7, 11) is 1.16. The Hall–Kier alpha value is -2.35. The lowest BCUT2D eigenvalue weighted by molar-refractivity contribution is -0.368. The van der Waals surface area contributed by atoms with E-state index in [0.717, 1.165) is 13.2 Å². The number of carbonyl (C=O) groups is 2. The van der Waals surface area contributed by atoms with Crippen LogP contribution in [0.5, 0.6) is 0 Å². The molecule has 1 aromatic rings. The molecule has 0 unspecified atom stereocenters. The first-order chi connectivity index (χ1) is 16.9. The number of methoxy groups -OCH3 is 1. The molecule has 0 amide bonds. The van der Waals surface area contributed by atoms with Crippen LogP contribution in [-0.2, 0) is 34.1 Å². The van der Waals surface area contributed by atoms with Crippen molar-refractivity contribution >= 4 is 23.4 Å². The Kier molecular flexibility index (Phi) is 4.91. The third kappa shape index (κ3) is 2.57. The fourth-order valence-electron chi connectivity index (χ4n) is 6.32. The third-order valence-corrected chi connectivity index (χ3v) is 8.24. The smallest absolute Gasteiger partial charge is 0.340 e. The molecule has 36 heavy (non-hydrogen) atoms. The van der Waals surface area contributed by atoms with Crippen molar-refractivity contribution in [1.82, 2.24) is 0 Å². The predicted octanol–water partition coefficient (Wildman–Crippen LogP) is -0.430. The number of carbonyl (C=O) groups excluding carboxylic acids is 2. The SMILES string of the molecule is CO[C@H]1C(=O)OC[C@H](O)c2cc(Cl)c3c(c2)[C@@]24O[C@@]5(O)C=C1C(=O)C(C)=C5O[C@@]2([C@H](O)C[C@H]4O)[C@@H]3O. The van der Waals surface area contributed by atoms with E-state index in [0.29, 0.717) is 0 Å². The summed E-state index contributed by atoms with van der Waals surface area (Å²) in [5.74, 6) is -4.67. The minimum Gasteiger partial charge on any atom is -0.476 e. The van der Waals surface area contributed by atoms with Crippen LogP contribution < -0.4 is 0 Å². The minimum atomic E-state index is -2.52. The van der Waals surface area contributed by atoms with Gasteiger partial charge in [0.2, 0.25) is 5.79 Å². The molecule has 0 aromatic heterocycles. The summed E-state index contributed by atoms with van der Waals surface area (Å²) in [6.07, 6.45) is -7.06. The molecule has 1 saturated carbocycles. The molecule has 5 aliphatic rings. The second-order valence-electron chi connectivity index (χ2n) is 9.71. The summed E-state index contributed by atoms with van der Waals surface area (Å²) >= 11 is 6.52. The van der Waals surface area contributed by atoms with E-state index < -0.39 is 71.6 Å². The van der Waals surface area contributed by atoms with Crippen LogP contribution in [0.3, 0.4) is 0 Å². The van der Waals surface area contributed by atoms with Crippen molar-refractivity contribution in [3.63, 3.8) is 0 Å². The summed E-state index contributed by atoms with van der Waals surface area (Å²) < 4.78 is 22.8. The van der Waals surface area contributed by atoms with Crippen LogP contribution in [0.2, 0.25) is 5.02 Å². The molecule has 3 aliphatic carbocycles. The van der Waals surface area contributed by atoms with Crippen molar-refractivity contribution in [3.05, 3.63) is 56.8 Å². The van der Waals surface area contributed by atoms with Gasteiger partial charge in [0.05, 0.1) is 6.10 Å². The highest BCUT2D eigenvalue weighted by molar-refractivity contribution is 6.31. The largest absolute Gasteiger partial charge is 0.476 e. The third-order valence-electron chi connectivity index (χ3n) is 7.93. The maximum absolute atomic E-state index is 13.3. The second kappa shape index (κ2) is 7.36. The maximum atomic E-state index is 13.3. The number of halogens is 1. The van der Waals surface area contributed by atoms with Crippen molar-refractivity contribution in [3.8, 4) is 0 Å². The van der Waals surface area contributed by atoms with Crippen LogP contribution in [0.1, 0.15) is 42.2 Å². The van der Waals surface area contributed by atoms with Crippen LogP contribution in [0, 0.1) is 0 Å². The zero-order chi connectivity index (χ0) is 25.9. The Balaban J connectivity index is 1.71. The van der Waals surface area contributed by atoms with Crippen LogP contribution in [0.15, 0.2) is 35.1 Å². The van der Waals surface area contributed by atoms with E-state index in [-0.39, 0.29) is 39.3 Å². The van der Waals surface area contributed by atoms with Crippen LogP contribution in [-0.4, -0.2) is 80.7 Å². The fraction of sp³-hybridized carbons (Fsp3) is 0.500. The molecule has 1 aromatic carbocycles. The van der Waals surface area contributed by atoms with Gasteiger partial charge in [0.25, 0.3) is 0 Å². The lowest BCUT2D eigenvalue weighted by atomic mass is 9.78. The Morgan fingerprint density at radius 2 is 1.86 bits per heavy atom. The van der Waals surface area contributed by atoms with E-state index in [1.165, 1.54) is 19.1 Å². The number of esters is 1. The summed E-state index contributed by atoms with van der Waals surface area (Å²) in [6, 6.07) is 2.74. The molecule has 6 rings (SSSR count). The zero-order valence-electron chi connectivity index (χ0n) is 19.1. The van der Waals surface area contributed by atoms with Gasteiger partial charge in [-0.1, -0.05) is 11.6 Å². The van der Waals surface area contributed by atoms with Crippen molar-refractivity contribution in [2.75, 3.05) is 13.7 Å². The molecule has 1 spiro atoms. The molecule has 11 nitrogen and oxygen atoms in total. The van der Waals surface area contributed by atoms with Gasteiger partial charge < -0.3 is 44.5 Å². The lowest BCUT2D eigenvalue weighted by Gasteiger charge is -2.54. The predicted molar refractivity (Wildman–Crippen MR) is 117 cm³/mol. The van der Waals surface area contributed by atoms with Crippen LogP contribution in [0.4, 0.5) is 0 Å². The average Bonchev–Trinajstić information content (AvgIpc) is 3.18. The molecule has 0 radical (unpaired) electrons. The Morgan fingerprint density at radius 1 is 1.14 bits per heavy atom. The molecule has 12 heteroatoms. The molecular weight excluding hydrogens is 500 g/mol. The Labute approximate surface area is 209 Å². The normalized spacial score (nSPS) is 42.9. The van der Waals surface area contributed by atoms with Gasteiger partial charge in [-0.25, -0.2) is 4.79 Å². The van der Waals surface area contributed by atoms with E-state index in [4.69, 9.17) is 30.5 Å². The first kappa shape index (κ1) is 24.0. The number of ketones is 1. The van der Waals surface area contributed by atoms with Gasteiger partial charge in [-0.15, -0.1) is 0 Å². The van der Waals surface area contributed by atoms with Gasteiger partial charge in [0.15, 0.2) is 28.8 Å². The molecule has 5 bridgehead atoms. The summed E-state index contributed by atoms with van der Waals surface area (Å²) in [5, 5.41) is 56.5. The van der Waals surface area contributed by atoms with Gasteiger partial charge in [-0.05, 0) is 36.3 Å². The van der Waals surface area contributed by atoms with Gasteiger partial charge in [-0.3, -0.25) is 4.79 Å². The van der Waals surface area contributed by atoms with E-state index >= 15 is 0 Å². The molecule has 5 N–H and O–H groups in total. The summed E-state index contributed by atoms with van der Waals surface area (Å²) in [4.78, 5) is 26.1. The number of Topliss-reactive ketones (excluding diaryl/α,β-unsaturated/α-hetero) is 1. The number of hydrogen-bond donors (Lipinski definition) is 5. The molecular formula is C24H23ClO11. The van der Waals surface area contributed by atoms with Gasteiger partial charge in [0.1, 0.15) is 24.9 Å². The highest BCUT2D eigenvalue weighted by Crippen LogP contribution is 2.69. The van der Waals surface area contributed by atoms with Crippen molar-refractivity contribution in [1.29, 1.82) is 0 Å². The number of hydrogen-bond acceptors (Lipinski definition) is 11. The standard InChI is InChI=1S/C24H23ClO11/c1-8-17(29)10-6-22(32)20(8)35-24-15(28)5-14(27)23(24,36-22)11-3-9(4-12(25)16(11)19(24)30)13(26)7-34-21(31)18(10)33-2/h3-4,6,13-15,18-19,26-28,30,32H,5,7H2,1-2H3/t13-,14+,15+,18+,19+,22-,23-,24-/m0/s1. The number of ether oxygens (including phenoxy) is 4. The number of fused-ring (bicyclic) bond motifs is 1. The number of benzene rings is 1.